The molecule has 0 saturated heterocycles. The van der Waals surface area contributed by atoms with Crippen LogP contribution in [0.2, 0.25) is 10.0 Å². The average molecular weight is 344 g/mol. The van der Waals surface area contributed by atoms with Gasteiger partial charge in [0.05, 0.1) is 11.6 Å². The summed E-state index contributed by atoms with van der Waals surface area (Å²) in [5, 5.41) is 4.22. The smallest absolute Gasteiger partial charge is 0.220 e. The molecule has 0 aliphatic heterocycles. The zero-order chi connectivity index (χ0) is 15.9. The molecule has 1 N–H and O–H groups in total. The molecule has 1 aliphatic rings. The van der Waals surface area contributed by atoms with Crippen molar-refractivity contribution in [3.8, 4) is 5.75 Å². The van der Waals surface area contributed by atoms with Crippen LogP contribution in [0, 0.1) is 5.92 Å². The molecule has 1 aliphatic carbocycles. The molecular formula is C17H23Cl2NO2. The summed E-state index contributed by atoms with van der Waals surface area (Å²) < 4.78 is 5.58. The van der Waals surface area contributed by atoms with Gasteiger partial charge in [-0.2, -0.15) is 0 Å². The van der Waals surface area contributed by atoms with Crippen molar-refractivity contribution in [3.63, 3.8) is 0 Å². The standard InChI is InChI=1S/C17H23Cl2NO2/c1-12-5-2-3-6-15(12)20-17(21)7-4-10-22-16-9-8-13(18)11-14(16)19/h8-9,11-12,15H,2-7,10H2,1H3,(H,20,21)/t12-,15-/m0/s1. The number of amides is 1. The van der Waals surface area contributed by atoms with Gasteiger partial charge in [-0.3, -0.25) is 4.79 Å². The van der Waals surface area contributed by atoms with Crippen molar-refractivity contribution in [1.29, 1.82) is 0 Å². The van der Waals surface area contributed by atoms with Crippen LogP contribution in [-0.4, -0.2) is 18.6 Å². The van der Waals surface area contributed by atoms with Crippen molar-refractivity contribution in [3.05, 3.63) is 28.2 Å². The van der Waals surface area contributed by atoms with E-state index in [1.54, 1.807) is 18.2 Å². The van der Waals surface area contributed by atoms with Gasteiger partial charge in [0, 0.05) is 17.5 Å². The molecule has 0 aromatic heterocycles. The number of nitrogens with one attached hydrogen (secondary N) is 1. The van der Waals surface area contributed by atoms with Gasteiger partial charge >= 0.3 is 0 Å². The van der Waals surface area contributed by atoms with Gasteiger partial charge in [0.1, 0.15) is 5.75 Å². The summed E-state index contributed by atoms with van der Waals surface area (Å²) in [6.45, 7) is 2.69. The Morgan fingerprint density at radius 3 is 2.82 bits per heavy atom. The van der Waals surface area contributed by atoms with E-state index in [1.807, 2.05) is 0 Å². The lowest BCUT2D eigenvalue weighted by molar-refractivity contribution is -0.122. The van der Waals surface area contributed by atoms with Crippen molar-refractivity contribution in [2.24, 2.45) is 5.92 Å². The molecule has 0 unspecified atom stereocenters. The summed E-state index contributed by atoms with van der Waals surface area (Å²) in [6.07, 6.45) is 5.96. The van der Waals surface area contributed by atoms with Crippen LogP contribution in [0.15, 0.2) is 18.2 Å². The highest BCUT2D eigenvalue weighted by molar-refractivity contribution is 6.35. The number of benzene rings is 1. The number of hydrogen-bond acceptors (Lipinski definition) is 2. The third kappa shape index (κ3) is 5.36. The van der Waals surface area contributed by atoms with Crippen molar-refractivity contribution in [1.82, 2.24) is 5.32 Å². The van der Waals surface area contributed by atoms with Crippen LogP contribution in [0.5, 0.6) is 5.75 Å². The quantitative estimate of drug-likeness (QED) is 0.750. The van der Waals surface area contributed by atoms with E-state index < -0.39 is 0 Å². The SMILES string of the molecule is C[C@H]1CCCC[C@@H]1NC(=O)CCCOc1ccc(Cl)cc1Cl. The Morgan fingerprint density at radius 2 is 2.09 bits per heavy atom. The second-order valence-electron chi connectivity index (χ2n) is 5.96. The first-order valence-electron chi connectivity index (χ1n) is 7.93. The zero-order valence-corrected chi connectivity index (χ0v) is 14.4. The molecule has 1 aromatic rings. The largest absolute Gasteiger partial charge is 0.492 e. The van der Waals surface area contributed by atoms with Crippen LogP contribution in [-0.2, 0) is 4.79 Å². The number of hydrogen-bond donors (Lipinski definition) is 1. The average Bonchev–Trinajstić information content (AvgIpc) is 2.48. The van der Waals surface area contributed by atoms with Crippen LogP contribution < -0.4 is 10.1 Å². The molecule has 0 radical (unpaired) electrons. The fourth-order valence-electron chi connectivity index (χ4n) is 2.82. The van der Waals surface area contributed by atoms with Crippen molar-refractivity contribution in [2.75, 3.05) is 6.61 Å². The number of rotatable bonds is 6. The van der Waals surface area contributed by atoms with E-state index in [4.69, 9.17) is 27.9 Å². The predicted molar refractivity (Wildman–Crippen MR) is 90.8 cm³/mol. The fourth-order valence-corrected chi connectivity index (χ4v) is 3.28. The maximum Gasteiger partial charge on any atom is 0.220 e. The second-order valence-corrected chi connectivity index (χ2v) is 6.81. The predicted octanol–water partition coefficient (Wildman–Crippen LogP) is 4.85. The lowest BCUT2D eigenvalue weighted by Gasteiger charge is -2.29. The summed E-state index contributed by atoms with van der Waals surface area (Å²) in [7, 11) is 0. The summed E-state index contributed by atoms with van der Waals surface area (Å²) in [5.41, 5.74) is 0. The topological polar surface area (TPSA) is 38.3 Å². The Bertz CT molecular complexity index is 507. The number of halogens is 2. The van der Waals surface area contributed by atoms with Gasteiger partial charge < -0.3 is 10.1 Å². The Balaban J connectivity index is 1.66. The Morgan fingerprint density at radius 1 is 1.32 bits per heavy atom. The van der Waals surface area contributed by atoms with Gasteiger partial charge in [-0.15, -0.1) is 0 Å². The molecule has 1 amide bonds. The van der Waals surface area contributed by atoms with E-state index in [0.717, 1.165) is 6.42 Å². The Kier molecular flexibility index (Phi) is 6.84. The number of carbonyl (C=O) groups excluding carboxylic acids is 1. The van der Waals surface area contributed by atoms with Crippen LogP contribution in [0.1, 0.15) is 45.4 Å². The van der Waals surface area contributed by atoms with Gasteiger partial charge in [-0.05, 0) is 43.4 Å². The van der Waals surface area contributed by atoms with Gasteiger partial charge in [0.2, 0.25) is 5.91 Å². The molecule has 0 spiro atoms. The highest BCUT2D eigenvalue weighted by Gasteiger charge is 2.22. The number of ether oxygens (including phenoxy) is 1. The van der Waals surface area contributed by atoms with Gasteiger partial charge in [-0.25, -0.2) is 0 Å². The van der Waals surface area contributed by atoms with Gasteiger partial charge in [0.25, 0.3) is 0 Å². The lowest BCUT2D eigenvalue weighted by atomic mass is 9.86. The van der Waals surface area contributed by atoms with Crippen molar-refractivity contribution >= 4 is 29.1 Å². The maximum atomic E-state index is 12.0. The third-order valence-corrected chi connectivity index (χ3v) is 4.69. The highest BCUT2D eigenvalue weighted by atomic mass is 35.5. The minimum atomic E-state index is 0.115. The van der Waals surface area contributed by atoms with E-state index in [1.165, 1.54) is 19.3 Å². The molecule has 22 heavy (non-hydrogen) atoms. The molecule has 122 valence electrons. The number of carbonyl (C=O) groups is 1. The summed E-state index contributed by atoms with van der Waals surface area (Å²) in [6, 6.07) is 5.47. The van der Waals surface area contributed by atoms with E-state index >= 15 is 0 Å². The molecule has 1 fully saturated rings. The fraction of sp³-hybridized carbons (Fsp3) is 0.588. The van der Waals surface area contributed by atoms with Crippen LogP contribution in [0.4, 0.5) is 0 Å². The molecular weight excluding hydrogens is 321 g/mol. The molecule has 0 heterocycles. The van der Waals surface area contributed by atoms with E-state index in [-0.39, 0.29) is 5.91 Å². The first kappa shape index (κ1) is 17.4. The zero-order valence-electron chi connectivity index (χ0n) is 12.9. The third-order valence-electron chi connectivity index (χ3n) is 4.16. The summed E-state index contributed by atoms with van der Waals surface area (Å²) in [5.74, 6) is 1.30. The van der Waals surface area contributed by atoms with Crippen LogP contribution in [0.25, 0.3) is 0 Å². The van der Waals surface area contributed by atoms with Crippen LogP contribution >= 0.6 is 23.2 Å². The first-order valence-corrected chi connectivity index (χ1v) is 8.69. The summed E-state index contributed by atoms with van der Waals surface area (Å²) in [4.78, 5) is 12.0. The van der Waals surface area contributed by atoms with E-state index in [0.29, 0.717) is 47.2 Å². The van der Waals surface area contributed by atoms with Crippen LogP contribution in [0.3, 0.4) is 0 Å². The Hall–Kier alpha value is -0.930. The van der Waals surface area contributed by atoms with Gasteiger partial charge in [-0.1, -0.05) is 43.0 Å². The molecule has 3 nitrogen and oxygen atoms in total. The molecule has 5 heteroatoms. The molecule has 2 atom stereocenters. The lowest BCUT2D eigenvalue weighted by Crippen LogP contribution is -2.41. The Labute approximate surface area is 142 Å². The summed E-state index contributed by atoms with van der Waals surface area (Å²) >= 11 is 11.9. The van der Waals surface area contributed by atoms with E-state index in [9.17, 15) is 4.79 Å². The minimum Gasteiger partial charge on any atom is -0.492 e. The van der Waals surface area contributed by atoms with Gasteiger partial charge in [0.15, 0.2) is 0 Å². The molecule has 2 rings (SSSR count). The van der Waals surface area contributed by atoms with Crippen molar-refractivity contribution in [2.45, 2.75) is 51.5 Å². The molecule has 1 aromatic carbocycles. The maximum absolute atomic E-state index is 12.0. The van der Waals surface area contributed by atoms with E-state index in [2.05, 4.69) is 12.2 Å². The second kappa shape index (κ2) is 8.64. The monoisotopic (exact) mass is 343 g/mol. The molecule has 0 bridgehead atoms. The van der Waals surface area contributed by atoms with Crippen molar-refractivity contribution < 1.29 is 9.53 Å². The minimum absolute atomic E-state index is 0.115. The first-order chi connectivity index (χ1) is 10.6. The normalized spacial score (nSPS) is 21.4. The highest BCUT2D eigenvalue weighted by Crippen LogP contribution is 2.27. The molecule has 1 saturated carbocycles.